The minimum Gasteiger partial charge on any atom is -0.256 e. The van der Waals surface area contributed by atoms with Gasteiger partial charge >= 0.3 is 0 Å². The summed E-state index contributed by atoms with van der Waals surface area (Å²) in [6.45, 7) is 1.60. The smallest absolute Gasteiger partial charge is 0.135 e. The number of aryl methyl sites for hydroxylation is 1. The molecule has 0 radical (unpaired) electrons. The van der Waals surface area contributed by atoms with E-state index in [1.807, 2.05) is 0 Å². The Labute approximate surface area is 86.4 Å². The first-order valence-electron chi connectivity index (χ1n) is 4.55. The van der Waals surface area contributed by atoms with Gasteiger partial charge in [0.15, 0.2) is 0 Å². The molecule has 0 saturated carbocycles. The van der Waals surface area contributed by atoms with Gasteiger partial charge in [-0.25, -0.2) is 8.78 Å². The summed E-state index contributed by atoms with van der Waals surface area (Å²) in [4.78, 5) is 4.02. The van der Waals surface area contributed by atoms with Gasteiger partial charge < -0.3 is 0 Å². The zero-order valence-electron chi connectivity index (χ0n) is 8.17. The van der Waals surface area contributed by atoms with E-state index in [2.05, 4.69) is 4.98 Å². The van der Waals surface area contributed by atoms with Crippen LogP contribution in [-0.2, 0) is 0 Å². The molecule has 0 atom stereocenters. The maximum absolute atomic E-state index is 13.4. The number of hydrogen-bond acceptors (Lipinski definition) is 1. The van der Waals surface area contributed by atoms with Crippen molar-refractivity contribution in [1.29, 1.82) is 0 Å². The summed E-state index contributed by atoms with van der Waals surface area (Å²) in [7, 11) is 0. The van der Waals surface area contributed by atoms with Crippen LogP contribution in [0.3, 0.4) is 0 Å². The molecule has 0 bridgehead atoms. The Morgan fingerprint density at radius 3 is 2.53 bits per heavy atom. The van der Waals surface area contributed by atoms with E-state index < -0.39 is 11.6 Å². The van der Waals surface area contributed by atoms with Crippen molar-refractivity contribution in [3.63, 3.8) is 0 Å². The van der Waals surface area contributed by atoms with Gasteiger partial charge in [-0.15, -0.1) is 0 Å². The SMILES string of the molecule is Cc1cc(-c2ccccn2)c(F)cc1F. The Bertz CT molecular complexity index is 480. The van der Waals surface area contributed by atoms with Gasteiger partial charge in [0.25, 0.3) is 0 Å². The zero-order chi connectivity index (χ0) is 10.8. The number of nitrogens with zero attached hydrogens (tertiary/aromatic N) is 1. The van der Waals surface area contributed by atoms with E-state index in [-0.39, 0.29) is 0 Å². The van der Waals surface area contributed by atoms with Crippen molar-refractivity contribution >= 4 is 0 Å². The van der Waals surface area contributed by atoms with Crippen molar-refractivity contribution in [3.8, 4) is 11.3 Å². The maximum Gasteiger partial charge on any atom is 0.135 e. The van der Waals surface area contributed by atoms with E-state index in [4.69, 9.17) is 0 Å². The van der Waals surface area contributed by atoms with Crippen molar-refractivity contribution in [2.24, 2.45) is 0 Å². The molecule has 0 amide bonds. The van der Waals surface area contributed by atoms with E-state index in [9.17, 15) is 8.78 Å². The molecule has 1 aromatic carbocycles. The first kappa shape index (κ1) is 9.77. The molecule has 15 heavy (non-hydrogen) atoms. The molecule has 0 fully saturated rings. The highest BCUT2D eigenvalue weighted by Gasteiger charge is 2.09. The summed E-state index contributed by atoms with van der Waals surface area (Å²) < 4.78 is 26.5. The lowest BCUT2D eigenvalue weighted by molar-refractivity contribution is 0.579. The summed E-state index contributed by atoms with van der Waals surface area (Å²) in [6, 6.07) is 7.56. The van der Waals surface area contributed by atoms with Crippen LogP contribution in [0.25, 0.3) is 11.3 Å². The minimum atomic E-state index is -0.586. The Balaban J connectivity index is 2.59. The van der Waals surface area contributed by atoms with Crippen molar-refractivity contribution in [2.75, 3.05) is 0 Å². The van der Waals surface area contributed by atoms with Gasteiger partial charge in [-0.3, -0.25) is 4.98 Å². The first-order valence-corrected chi connectivity index (χ1v) is 4.55. The molecule has 1 nitrogen and oxygen atoms in total. The molecule has 2 aromatic rings. The molecule has 0 aliphatic carbocycles. The molecular weight excluding hydrogens is 196 g/mol. The molecule has 0 aliphatic rings. The molecule has 1 aromatic heterocycles. The number of benzene rings is 1. The molecule has 0 N–H and O–H groups in total. The third-order valence-electron chi connectivity index (χ3n) is 2.19. The second kappa shape index (κ2) is 3.77. The van der Waals surface area contributed by atoms with Crippen molar-refractivity contribution in [1.82, 2.24) is 4.98 Å². The highest BCUT2D eigenvalue weighted by atomic mass is 19.1. The fourth-order valence-corrected chi connectivity index (χ4v) is 1.38. The number of hydrogen-bond donors (Lipinski definition) is 0. The summed E-state index contributed by atoms with van der Waals surface area (Å²) in [5.41, 5.74) is 1.25. The van der Waals surface area contributed by atoms with Crippen LogP contribution in [0.15, 0.2) is 36.5 Å². The lowest BCUT2D eigenvalue weighted by Crippen LogP contribution is -1.91. The van der Waals surface area contributed by atoms with E-state index in [0.29, 0.717) is 16.8 Å². The van der Waals surface area contributed by atoms with Crippen molar-refractivity contribution in [3.05, 3.63) is 53.7 Å². The molecule has 0 spiro atoms. The van der Waals surface area contributed by atoms with Crippen LogP contribution in [0, 0.1) is 18.6 Å². The van der Waals surface area contributed by atoms with Crippen LogP contribution in [-0.4, -0.2) is 4.98 Å². The van der Waals surface area contributed by atoms with Gasteiger partial charge in [-0.1, -0.05) is 6.07 Å². The third-order valence-corrected chi connectivity index (χ3v) is 2.19. The zero-order valence-corrected chi connectivity index (χ0v) is 8.17. The maximum atomic E-state index is 13.4. The minimum absolute atomic E-state index is 0.328. The van der Waals surface area contributed by atoms with E-state index in [1.165, 1.54) is 6.07 Å². The topological polar surface area (TPSA) is 12.9 Å². The number of halogens is 2. The predicted octanol–water partition coefficient (Wildman–Crippen LogP) is 3.34. The Hall–Kier alpha value is -1.77. The Morgan fingerprint density at radius 1 is 1.07 bits per heavy atom. The quantitative estimate of drug-likeness (QED) is 0.695. The predicted molar refractivity (Wildman–Crippen MR) is 54.3 cm³/mol. The molecular formula is C12H9F2N. The van der Waals surface area contributed by atoms with Gasteiger partial charge in [0.1, 0.15) is 11.6 Å². The summed E-state index contributed by atoms with van der Waals surface area (Å²) in [6.07, 6.45) is 1.58. The largest absolute Gasteiger partial charge is 0.256 e. The molecule has 0 saturated heterocycles. The summed E-state index contributed by atoms with van der Waals surface area (Å²) >= 11 is 0. The average molecular weight is 205 g/mol. The van der Waals surface area contributed by atoms with E-state index in [0.717, 1.165) is 6.07 Å². The molecule has 3 heteroatoms. The second-order valence-electron chi connectivity index (χ2n) is 3.30. The van der Waals surface area contributed by atoms with Crippen molar-refractivity contribution in [2.45, 2.75) is 6.92 Å². The van der Waals surface area contributed by atoms with Crippen LogP contribution < -0.4 is 0 Å². The van der Waals surface area contributed by atoms with Crippen LogP contribution in [0.1, 0.15) is 5.56 Å². The first-order chi connectivity index (χ1) is 7.18. The molecule has 0 aliphatic heterocycles. The average Bonchev–Trinajstić information content (AvgIpc) is 2.25. The van der Waals surface area contributed by atoms with Crippen LogP contribution in [0.4, 0.5) is 8.78 Å². The fraction of sp³-hybridized carbons (Fsp3) is 0.0833. The van der Waals surface area contributed by atoms with Gasteiger partial charge in [-0.05, 0) is 30.7 Å². The Morgan fingerprint density at radius 2 is 1.87 bits per heavy atom. The monoisotopic (exact) mass is 205 g/mol. The summed E-state index contributed by atoms with van der Waals surface area (Å²) in [5, 5.41) is 0. The Kier molecular flexibility index (Phi) is 2.46. The second-order valence-corrected chi connectivity index (χ2v) is 3.30. The van der Waals surface area contributed by atoms with E-state index >= 15 is 0 Å². The van der Waals surface area contributed by atoms with Crippen LogP contribution in [0.5, 0.6) is 0 Å². The molecule has 2 rings (SSSR count). The van der Waals surface area contributed by atoms with Crippen molar-refractivity contribution < 1.29 is 8.78 Å². The molecule has 76 valence electrons. The van der Waals surface area contributed by atoms with Gasteiger partial charge in [0.05, 0.1) is 5.69 Å². The van der Waals surface area contributed by atoms with Gasteiger partial charge in [0, 0.05) is 17.8 Å². The number of aromatic nitrogens is 1. The number of rotatable bonds is 1. The summed E-state index contributed by atoms with van der Waals surface area (Å²) in [5.74, 6) is -1.12. The highest BCUT2D eigenvalue weighted by molar-refractivity contribution is 5.60. The standard InChI is InChI=1S/C12H9F2N/c1-8-6-9(11(14)7-10(8)13)12-4-2-3-5-15-12/h2-7H,1H3. The van der Waals surface area contributed by atoms with Gasteiger partial charge in [0.2, 0.25) is 0 Å². The number of pyridine rings is 1. The third kappa shape index (κ3) is 1.86. The highest BCUT2D eigenvalue weighted by Crippen LogP contribution is 2.23. The van der Waals surface area contributed by atoms with Crippen LogP contribution in [0.2, 0.25) is 0 Å². The van der Waals surface area contributed by atoms with Gasteiger partial charge in [-0.2, -0.15) is 0 Å². The fourth-order valence-electron chi connectivity index (χ4n) is 1.38. The normalized spacial score (nSPS) is 10.3. The molecule has 0 unspecified atom stereocenters. The van der Waals surface area contributed by atoms with Crippen LogP contribution >= 0.6 is 0 Å². The van der Waals surface area contributed by atoms with E-state index in [1.54, 1.807) is 31.3 Å². The lowest BCUT2D eigenvalue weighted by Gasteiger charge is -2.04. The molecule has 1 heterocycles. The lowest BCUT2D eigenvalue weighted by atomic mass is 10.1.